The number of sulfonamides is 1. The topological polar surface area (TPSA) is 76.3 Å². The molecule has 7 heteroatoms. The first-order chi connectivity index (χ1) is 8.36. The first-order valence-electron chi connectivity index (χ1n) is 6.03. The molecule has 2 heterocycles. The number of hydrogen-bond donors (Lipinski definition) is 1. The fraction of sp³-hybridized carbons (Fsp3) is 0.727. The van der Waals surface area contributed by atoms with E-state index in [1.165, 1.54) is 4.88 Å². The molecular formula is C11H19N3O2S2. The maximum Gasteiger partial charge on any atom is 0.212 e. The molecule has 1 saturated heterocycles. The highest BCUT2D eigenvalue weighted by Gasteiger charge is 2.27. The van der Waals surface area contributed by atoms with Crippen LogP contribution in [-0.4, -0.2) is 36.6 Å². The molecule has 0 aliphatic carbocycles. The van der Waals surface area contributed by atoms with Crippen LogP contribution < -0.4 is 5.14 Å². The number of aryl methyl sites for hydroxylation is 2. The zero-order chi connectivity index (χ0) is 13.3. The molecule has 0 unspecified atom stereocenters. The minimum atomic E-state index is -3.36. The molecule has 0 aromatic carbocycles. The lowest BCUT2D eigenvalue weighted by Crippen LogP contribution is -2.41. The maximum atomic E-state index is 11.2. The Bertz CT molecular complexity index is 497. The molecule has 1 aromatic rings. The lowest BCUT2D eigenvalue weighted by Gasteiger charge is -2.29. The molecule has 0 bridgehead atoms. The van der Waals surface area contributed by atoms with E-state index < -0.39 is 10.0 Å². The second-order valence-electron chi connectivity index (χ2n) is 4.81. The number of likely N-dealkylation sites (tertiary alicyclic amines) is 1. The van der Waals surface area contributed by atoms with Crippen LogP contribution >= 0.6 is 11.3 Å². The van der Waals surface area contributed by atoms with Gasteiger partial charge in [0.2, 0.25) is 10.0 Å². The molecule has 2 N–H and O–H groups in total. The Hall–Kier alpha value is -0.500. The zero-order valence-electron chi connectivity index (χ0n) is 10.7. The van der Waals surface area contributed by atoms with Crippen molar-refractivity contribution in [2.24, 2.45) is 5.14 Å². The molecule has 102 valence electrons. The van der Waals surface area contributed by atoms with Crippen molar-refractivity contribution < 1.29 is 8.42 Å². The highest BCUT2D eigenvalue weighted by atomic mass is 32.2. The van der Waals surface area contributed by atoms with E-state index >= 15 is 0 Å². The average Bonchev–Trinajstić information content (AvgIpc) is 2.57. The van der Waals surface area contributed by atoms with Crippen LogP contribution in [0.2, 0.25) is 0 Å². The molecule has 18 heavy (non-hydrogen) atoms. The lowest BCUT2D eigenvalue weighted by atomic mass is 10.1. The Morgan fingerprint density at radius 1 is 1.39 bits per heavy atom. The maximum absolute atomic E-state index is 11.2. The molecule has 5 nitrogen and oxygen atoms in total. The van der Waals surface area contributed by atoms with Gasteiger partial charge in [0.05, 0.1) is 17.5 Å². The Morgan fingerprint density at radius 2 is 2.00 bits per heavy atom. The van der Waals surface area contributed by atoms with Gasteiger partial charge in [0, 0.05) is 4.88 Å². The summed E-state index contributed by atoms with van der Waals surface area (Å²) in [5, 5.41) is 5.92. The van der Waals surface area contributed by atoms with Gasteiger partial charge < -0.3 is 0 Å². The van der Waals surface area contributed by atoms with Crippen LogP contribution in [-0.2, 0) is 16.6 Å². The van der Waals surface area contributed by atoms with E-state index in [0.717, 1.165) is 30.3 Å². The summed E-state index contributed by atoms with van der Waals surface area (Å²) >= 11 is 1.72. The summed E-state index contributed by atoms with van der Waals surface area (Å²) in [6.45, 7) is 6.46. The Kier molecular flexibility index (Phi) is 4.05. The summed E-state index contributed by atoms with van der Waals surface area (Å²) < 4.78 is 22.5. The van der Waals surface area contributed by atoms with E-state index in [1.54, 1.807) is 11.3 Å². The van der Waals surface area contributed by atoms with Crippen molar-refractivity contribution in [1.82, 2.24) is 9.88 Å². The minimum absolute atomic E-state index is 0.367. The largest absolute Gasteiger partial charge is 0.297 e. The molecule has 2 rings (SSSR count). The summed E-state index contributed by atoms with van der Waals surface area (Å²) in [5.41, 5.74) is 1.09. The van der Waals surface area contributed by atoms with Gasteiger partial charge in [-0.05, 0) is 39.8 Å². The monoisotopic (exact) mass is 289 g/mol. The van der Waals surface area contributed by atoms with Crippen molar-refractivity contribution in [2.45, 2.75) is 38.5 Å². The van der Waals surface area contributed by atoms with E-state index in [2.05, 4.69) is 16.8 Å². The number of nitrogens with zero attached hydrogens (tertiary/aromatic N) is 2. The Balaban J connectivity index is 1.91. The third kappa shape index (κ3) is 3.28. The van der Waals surface area contributed by atoms with Crippen LogP contribution in [0.5, 0.6) is 0 Å². The van der Waals surface area contributed by atoms with Gasteiger partial charge in [-0.3, -0.25) is 4.90 Å². The normalized spacial score (nSPS) is 19.3. The van der Waals surface area contributed by atoms with Gasteiger partial charge in [-0.1, -0.05) is 0 Å². The molecule has 0 spiro atoms. The Morgan fingerprint density at radius 3 is 2.44 bits per heavy atom. The van der Waals surface area contributed by atoms with Crippen molar-refractivity contribution in [3.05, 3.63) is 15.6 Å². The summed E-state index contributed by atoms with van der Waals surface area (Å²) in [6.07, 6.45) is 1.25. The second kappa shape index (κ2) is 5.24. The fourth-order valence-corrected chi connectivity index (χ4v) is 4.04. The van der Waals surface area contributed by atoms with E-state index in [-0.39, 0.29) is 5.25 Å². The third-order valence-electron chi connectivity index (χ3n) is 3.43. The van der Waals surface area contributed by atoms with Gasteiger partial charge in [0.25, 0.3) is 0 Å². The number of nitrogens with two attached hydrogens (primary N) is 1. The molecule has 0 saturated carbocycles. The van der Waals surface area contributed by atoms with Crippen molar-refractivity contribution >= 4 is 21.4 Å². The van der Waals surface area contributed by atoms with Gasteiger partial charge in [0.15, 0.2) is 0 Å². The number of hydrogen-bond acceptors (Lipinski definition) is 5. The predicted octanol–water partition coefficient (Wildman–Crippen LogP) is 1.01. The van der Waals surface area contributed by atoms with Gasteiger partial charge in [-0.25, -0.2) is 18.5 Å². The minimum Gasteiger partial charge on any atom is -0.297 e. The van der Waals surface area contributed by atoms with E-state index in [0.29, 0.717) is 12.8 Å². The summed E-state index contributed by atoms with van der Waals surface area (Å²) in [6, 6.07) is 0. The molecule has 1 aliphatic heterocycles. The van der Waals surface area contributed by atoms with Crippen molar-refractivity contribution in [3.63, 3.8) is 0 Å². The van der Waals surface area contributed by atoms with Gasteiger partial charge >= 0.3 is 0 Å². The number of piperidine rings is 1. The molecule has 0 atom stereocenters. The van der Waals surface area contributed by atoms with Gasteiger partial charge in [0.1, 0.15) is 5.01 Å². The van der Waals surface area contributed by atoms with Gasteiger partial charge in [-0.2, -0.15) is 0 Å². The van der Waals surface area contributed by atoms with E-state index in [4.69, 9.17) is 5.14 Å². The van der Waals surface area contributed by atoms with E-state index in [1.807, 2.05) is 6.92 Å². The average molecular weight is 289 g/mol. The fourth-order valence-electron chi connectivity index (χ4n) is 2.19. The molecule has 0 amide bonds. The second-order valence-corrected chi connectivity index (χ2v) is 7.95. The summed E-state index contributed by atoms with van der Waals surface area (Å²) in [4.78, 5) is 8.01. The quantitative estimate of drug-likeness (QED) is 0.901. The van der Waals surface area contributed by atoms with Crippen LogP contribution in [0, 0.1) is 13.8 Å². The molecule has 1 aliphatic rings. The van der Waals surface area contributed by atoms with E-state index in [9.17, 15) is 8.42 Å². The van der Waals surface area contributed by atoms with Crippen LogP contribution in [0.3, 0.4) is 0 Å². The standard InChI is InChI=1S/C11H19N3O2S2/c1-8-9(2)17-11(13-8)7-14-5-3-10(4-6-14)18(12,15)16/h10H,3-7H2,1-2H3,(H2,12,15,16). The summed E-state index contributed by atoms with van der Waals surface area (Å²) in [5.74, 6) is 0. The lowest BCUT2D eigenvalue weighted by molar-refractivity contribution is 0.221. The van der Waals surface area contributed by atoms with Crippen LogP contribution in [0.25, 0.3) is 0 Å². The van der Waals surface area contributed by atoms with Crippen molar-refractivity contribution in [2.75, 3.05) is 13.1 Å². The SMILES string of the molecule is Cc1nc(CN2CCC(S(N)(=O)=O)CC2)sc1C. The van der Waals surface area contributed by atoms with Gasteiger partial charge in [-0.15, -0.1) is 11.3 Å². The van der Waals surface area contributed by atoms with Crippen LogP contribution in [0.4, 0.5) is 0 Å². The van der Waals surface area contributed by atoms with Crippen molar-refractivity contribution in [3.8, 4) is 0 Å². The smallest absolute Gasteiger partial charge is 0.212 e. The molecule has 0 radical (unpaired) electrons. The number of thiazole rings is 1. The first-order valence-corrected chi connectivity index (χ1v) is 8.45. The third-order valence-corrected chi connectivity index (χ3v) is 5.89. The number of rotatable bonds is 3. The van der Waals surface area contributed by atoms with Crippen LogP contribution in [0.1, 0.15) is 28.4 Å². The molecule has 1 fully saturated rings. The number of aromatic nitrogens is 1. The Labute approximate surface area is 112 Å². The summed E-state index contributed by atoms with van der Waals surface area (Å²) in [7, 11) is -3.36. The number of primary sulfonamides is 1. The van der Waals surface area contributed by atoms with Crippen LogP contribution in [0.15, 0.2) is 0 Å². The predicted molar refractivity (Wildman–Crippen MR) is 73.0 cm³/mol. The highest BCUT2D eigenvalue weighted by Crippen LogP contribution is 2.21. The molecular weight excluding hydrogens is 270 g/mol. The first kappa shape index (κ1) is 13.9. The molecule has 1 aromatic heterocycles. The zero-order valence-corrected chi connectivity index (χ0v) is 12.4. The van der Waals surface area contributed by atoms with Crippen molar-refractivity contribution in [1.29, 1.82) is 0 Å². The highest BCUT2D eigenvalue weighted by molar-refractivity contribution is 7.89.